The summed E-state index contributed by atoms with van der Waals surface area (Å²) in [5.74, 6) is 0.719. The van der Waals surface area contributed by atoms with Crippen molar-refractivity contribution < 1.29 is 9.13 Å². The molecule has 1 fully saturated rings. The average Bonchev–Trinajstić information content (AvgIpc) is 3.11. The van der Waals surface area contributed by atoms with Crippen molar-refractivity contribution in [3.63, 3.8) is 0 Å². The van der Waals surface area contributed by atoms with Gasteiger partial charge in [-0.05, 0) is 44.2 Å². The van der Waals surface area contributed by atoms with E-state index in [9.17, 15) is 4.39 Å². The molecule has 4 aromatic rings. The smallest absolute Gasteiger partial charge is 0.213 e. The van der Waals surface area contributed by atoms with Crippen LogP contribution in [0.3, 0.4) is 0 Å². The number of morpholine rings is 1. The van der Waals surface area contributed by atoms with Crippen LogP contribution in [0.5, 0.6) is 0 Å². The summed E-state index contributed by atoms with van der Waals surface area (Å²) in [6, 6.07) is 12.0. The van der Waals surface area contributed by atoms with Gasteiger partial charge in [-0.2, -0.15) is 0 Å². The van der Waals surface area contributed by atoms with Gasteiger partial charge < -0.3 is 9.64 Å². The van der Waals surface area contributed by atoms with Gasteiger partial charge in [0, 0.05) is 23.5 Å². The fraction of sp³-hybridized carbons (Fsp3) is 0.286. The second-order valence-corrected chi connectivity index (χ2v) is 7.83. The van der Waals surface area contributed by atoms with Gasteiger partial charge in [0.05, 0.1) is 23.3 Å². The summed E-state index contributed by atoms with van der Waals surface area (Å²) in [6.45, 7) is 5.38. The molecule has 6 nitrogen and oxygen atoms in total. The number of benzene rings is 2. The molecule has 3 heterocycles. The molecule has 2 unspecified atom stereocenters. The minimum Gasteiger partial charge on any atom is -0.372 e. The molecule has 0 N–H and O–H groups in total. The number of aromatic nitrogens is 4. The highest BCUT2D eigenvalue weighted by molar-refractivity contribution is 6.31. The molecule has 1 saturated heterocycles. The van der Waals surface area contributed by atoms with Gasteiger partial charge in [0.25, 0.3) is 0 Å². The topological polar surface area (TPSA) is 55.6 Å². The number of hydrogen-bond donors (Lipinski definition) is 0. The Labute approximate surface area is 171 Å². The standard InChI is InChI=1S/C21H19ClFN5O/c1-12-10-27(11-13(2)29-12)21-24-18-9-14(22)7-8-16(18)20-26-25-19(28(20)21)15-5-3-4-6-17(15)23/h3-9,12-13H,10-11H2,1-2H3. The van der Waals surface area contributed by atoms with Crippen LogP contribution < -0.4 is 4.90 Å². The normalized spacial score (nSPS) is 19.9. The summed E-state index contributed by atoms with van der Waals surface area (Å²) in [7, 11) is 0. The lowest BCUT2D eigenvalue weighted by molar-refractivity contribution is -0.00576. The first-order valence-electron chi connectivity index (χ1n) is 9.51. The quantitative estimate of drug-likeness (QED) is 0.491. The van der Waals surface area contributed by atoms with E-state index in [-0.39, 0.29) is 18.0 Å². The molecular formula is C21H19ClFN5O. The van der Waals surface area contributed by atoms with E-state index in [0.29, 0.717) is 41.1 Å². The first-order valence-corrected chi connectivity index (χ1v) is 9.89. The summed E-state index contributed by atoms with van der Waals surface area (Å²) in [5.41, 5.74) is 1.72. The molecule has 0 amide bonds. The van der Waals surface area contributed by atoms with Crippen LogP contribution in [0.25, 0.3) is 27.9 Å². The van der Waals surface area contributed by atoms with E-state index < -0.39 is 0 Å². The second kappa shape index (κ2) is 6.93. The molecule has 5 rings (SSSR count). The zero-order chi connectivity index (χ0) is 20.1. The molecule has 29 heavy (non-hydrogen) atoms. The molecule has 1 aliphatic rings. The minimum atomic E-state index is -0.354. The van der Waals surface area contributed by atoms with Gasteiger partial charge in [0.2, 0.25) is 5.95 Å². The number of rotatable bonds is 2. The predicted molar refractivity (Wildman–Crippen MR) is 111 cm³/mol. The summed E-state index contributed by atoms with van der Waals surface area (Å²) in [6.07, 6.45) is 0.0816. The molecule has 2 aromatic heterocycles. The predicted octanol–water partition coefficient (Wildman–Crippen LogP) is 4.35. The SMILES string of the molecule is CC1CN(c2nc3cc(Cl)ccc3c3nnc(-c4ccccc4F)n23)CC(C)O1. The number of ether oxygens (including phenoxy) is 1. The molecule has 148 valence electrons. The van der Waals surface area contributed by atoms with Crippen molar-refractivity contribution in [1.82, 2.24) is 19.6 Å². The van der Waals surface area contributed by atoms with Gasteiger partial charge in [-0.1, -0.05) is 23.7 Å². The van der Waals surface area contributed by atoms with Gasteiger partial charge in [-0.15, -0.1) is 10.2 Å². The van der Waals surface area contributed by atoms with E-state index in [1.165, 1.54) is 6.07 Å². The van der Waals surface area contributed by atoms with Crippen LogP contribution in [0.4, 0.5) is 10.3 Å². The number of halogens is 2. The highest BCUT2D eigenvalue weighted by Crippen LogP contribution is 2.31. The van der Waals surface area contributed by atoms with Crippen molar-refractivity contribution in [2.24, 2.45) is 0 Å². The Balaban J connectivity index is 1.83. The number of hydrogen-bond acceptors (Lipinski definition) is 5. The van der Waals surface area contributed by atoms with Gasteiger partial charge in [-0.25, -0.2) is 13.8 Å². The molecule has 2 atom stereocenters. The molecule has 2 aromatic carbocycles. The molecule has 0 spiro atoms. The summed E-state index contributed by atoms with van der Waals surface area (Å²) < 4.78 is 22.3. The Morgan fingerprint density at radius 3 is 2.59 bits per heavy atom. The Hall–Kier alpha value is -2.77. The summed E-state index contributed by atoms with van der Waals surface area (Å²) in [5, 5.41) is 10.1. The number of nitrogens with zero attached hydrogens (tertiary/aromatic N) is 5. The maximum absolute atomic E-state index is 14.6. The van der Waals surface area contributed by atoms with Crippen molar-refractivity contribution in [1.29, 1.82) is 0 Å². The highest BCUT2D eigenvalue weighted by Gasteiger charge is 2.27. The minimum absolute atomic E-state index is 0.0408. The van der Waals surface area contributed by atoms with Gasteiger partial charge >= 0.3 is 0 Å². The van der Waals surface area contributed by atoms with E-state index >= 15 is 0 Å². The first kappa shape index (κ1) is 18.3. The third-order valence-electron chi connectivity index (χ3n) is 5.10. The molecule has 0 bridgehead atoms. The Morgan fingerprint density at radius 2 is 1.83 bits per heavy atom. The van der Waals surface area contributed by atoms with Crippen molar-refractivity contribution >= 4 is 34.1 Å². The van der Waals surface area contributed by atoms with Gasteiger partial charge in [0.15, 0.2) is 11.5 Å². The summed E-state index contributed by atoms with van der Waals surface area (Å²) >= 11 is 6.21. The first-order chi connectivity index (χ1) is 14.0. The fourth-order valence-corrected chi connectivity index (χ4v) is 4.13. The van der Waals surface area contributed by atoms with E-state index in [0.717, 1.165) is 10.9 Å². The van der Waals surface area contributed by atoms with E-state index in [2.05, 4.69) is 15.1 Å². The van der Waals surface area contributed by atoms with Crippen LogP contribution in [-0.4, -0.2) is 44.9 Å². The van der Waals surface area contributed by atoms with E-state index in [1.807, 2.05) is 30.4 Å². The van der Waals surface area contributed by atoms with Crippen LogP contribution in [0.1, 0.15) is 13.8 Å². The third-order valence-corrected chi connectivity index (χ3v) is 5.34. The lowest BCUT2D eigenvalue weighted by Crippen LogP contribution is -2.46. The number of fused-ring (bicyclic) bond motifs is 3. The molecule has 1 aliphatic heterocycles. The van der Waals surface area contributed by atoms with Crippen LogP contribution >= 0.6 is 11.6 Å². The van der Waals surface area contributed by atoms with E-state index in [1.54, 1.807) is 24.3 Å². The second-order valence-electron chi connectivity index (χ2n) is 7.40. The van der Waals surface area contributed by atoms with Gasteiger partial charge in [0.1, 0.15) is 5.82 Å². The zero-order valence-corrected chi connectivity index (χ0v) is 16.8. The monoisotopic (exact) mass is 411 g/mol. The fourth-order valence-electron chi connectivity index (χ4n) is 3.96. The average molecular weight is 412 g/mol. The Morgan fingerprint density at radius 1 is 1.07 bits per heavy atom. The third kappa shape index (κ3) is 3.10. The van der Waals surface area contributed by atoms with Crippen LogP contribution in [-0.2, 0) is 4.74 Å². The Bertz CT molecular complexity index is 1220. The highest BCUT2D eigenvalue weighted by atomic mass is 35.5. The molecule has 0 radical (unpaired) electrons. The lowest BCUT2D eigenvalue weighted by atomic mass is 10.2. The maximum atomic E-state index is 14.6. The summed E-state index contributed by atoms with van der Waals surface area (Å²) in [4.78, 5) is 7.03. The van der Waals surface area contributed by atoms with Crippen molar-refractivity contribution in [3.05, 3.63) is 53.3 Å². The van der Waals surface area contributed by atoms with Crippen LogP contribution in [0, 0.1) is 5.82 Å². The molecule has 8 heteroatoms. The maximum Gasteiger partial charge on any atom is 0.213 e. The van der Waals surface area contributed by atoms with Crippen molar-refractivity contribution in [2.45, 2.75) is 26.1 Å². The molecular weight excluding hydrogens is 393 g/mol. The van der Waals surface area contributed by atoms with E-state index in [4.69, 9.17) is 21.3 Å². The van der Waals surface area contributed by atoms with Crippen molar-refractivity contribution in [2.75, 3.05) is 18.0 Å². The lowest BCUT2D eigenvalue weighted by Gasteiger charge is -2.36. The largest absolute Gasteiger partial charge is 0.372 e. The van der Waals surface area contributed by atoms with Gasteiger partial charge in [-0.3, -0.25) is 0 Å². The molecule has 0 saturated carbocycles. The molecule has 0 aliphatic carbocycles. The zero-order valence-electron chi connectivity index (χ0n) is 16.0. The van der Waals surface area contributed by atoms with Crippen molar-refractivity contribution in [3.8, 4) is 11.4 Å². The van der Waals surface area contributed by atoms with Crippen LogP contribution in [0.15, 0.2) is 42.5 Å². The van der Waals surface area contributed by atoms with Crippen LogP contribution in [0.2, 0.25) is 5.02 Å². The number of anilines is 1. The Kier molecular flexibility index (Phi) is 4.37.